The van der Waals surface area contributed by atoms with Crippen LogP contribution in [0, 0.1) is 0 Å². The molecule has 0 amide bonds. The summed E-state index contributed by atoms with van der Waals surface area (Å²) in [7, 11) is -2.18. The van der Waals surface area contributed by atoms with Crippen molar-refractivity contribution in [3.63, 3.8) is 0 Å². The maximum absolute atomic E-state index is 6.36. The smallest absolute Gasteiger partial charge is 0.361 e. The summed E-state index contributed by atoms with van der Waals surface area (Å²) < 4.78 is 12.5. The molecule has 0 aromatic rings. The van der Waals surface area contributed by atoms with Crippen molar-refractivity contribution in [2.45, 2.75) is 97.6 Å². The molecule has 0 saturated heterocycles. The van der Waals surface area contributed by atoms with Gasteiger partial charge in [0.05, 0.1) is 0 Å². The van der Waals surface area contributed by atoms with Crippen LogP contribution < -0.4 is 0 Å². The maximum atomic E-state index is 6.36. The Morgan fingerprint density at radius 2 is 1.57 bits per heavy atom. The third-order valence-electron chi connectivity index (χ3n) is 3.90. The minimum atomic E-state index is -2.18. The Morgan fingerprint density at radius 3 is 2.14 bits per heavy atom. The fraction of sp³-hybridized carbons (Fsp3) is 0.889. The monoisotopic (exact) mass is 314 g/mol. The minimum Gasteiger partial charge on any atom is -0.391 e. The van der Waals surface area contributed by atoms with Gasteiger partial charge in [-0.2, -0.15) is 0 Å². The van der Waals surface area contributed by atoms with Crippen molar-refractivity contribution in [1.82, 2.24) is 0 Å². The normalized spacial score (nSPS) is 15.6. The predicted molar refractivity (Wildman–Crippen MR) is 95.8 cm³/mol. The second kappa shape index (κ2) is 13.5. The molecule has 0 N–H and O–H groups in total. The molecule has 0 bridgehead atoms. The van der Waals surface area contributed by atoms with Gasteiger partial charge in [-0.1, -0.05) is 65.7 Å². The second-order valence-electron chi connectivity index (χ2n) is 6.15. The molecule has 0 spiro atoms. The van der Waals surface area contributed by atoms with Crippen LogP contribution >= 0.6 is 0 Å². The molecule has 0 rings (SSSR count). The van der Waals surface area contributed by atoms with E-state index in [0.717, 1.165) is 25.9 Å². The SMILES string of the molecule is C=C[Si](C)(OCCCCCCC)OC(CCC)CCCC. The Morgan fingerprint density at radius 1 is 0.905 bits per heavy atom. The fourth-order valence-corrected chi connectivity index (χ4v) is 4.20. The molecule has 21 heavy (non-hydrogen) atoms. The molecule has 0 aliphatic carbocycles. The van der Waals surface area contributed by atoms with E-state index in [1.54, 1.807) is 0 Å². The van der Waals surface area contributed by atoms with Crippen LogP contribution in [0.4, 0.5) is 0 Å². The summed E-state index contributed by atoms with van der Waals surface area (Å²) in [5.41, 5.74) is 1.95. The largest absolute Gasteiger partial charge is 0.391 e. The Labute approximate surface area is 134 Å². The average molecular weight is 315 g/mol. The van der Waals surface area contributed by atoms with Gasteiger partial charge in [-0.25, -0.2) is 0 Å². The molecule has 3 heteroatoms. The maximum Gasteiger partial charge on any atom is 0.361 e. The Kier molecular flexibility index (Phi) is 13.5. The van der Waals surface area contributed by atoms with Crippen LogP contribution in [-0.2, 0) is 8.85 Å². The quantitative estimate of drug-likeness (QED) is 0.267. The van der Waals surface area contributed by atoms with E-state index >= 15 is 0 Å². The van der Waals surface area contributed by atoms with Crippen LogP contribution in [0.25, 0.3) is 0 Å². The standard InChI is InChI=1S/C18H38O2Si/c1-6-10-12-13-14-17-19-21(5,9-4)20-18(15-8-3)16-11-7-2/h9,18H,4,6-8,10-17H2,1-3,5H3. The first-order chi connectivity index (χ1) is 10.1. The van der Waals surface area contributed by atoms with E-state index in [9.17, 15) is 0 Å². The zero-order valence-corrected chi connectivity index (χ0v) is 16.0. The molecule has 0 aliphatic rings. The highest BCUT2D eigenvalue weighted by molar-refractivity contribution is 6.71. The van der Waals surface area contributed by atoms with Gasteiger partial charge in [0.2, 0.25) is 0 Å². The van der Waals surface area contributed by atoms with Gasteiger partial charge in [-0.15, -0.1) is 6.58 Å². The molecule has 126 valence electrons. The average Bonchev–Trinajstić information content (AvgIpc) is 2.48. The van der Waals surface area contributed by atoms with E-state index in [-0.39, 0.29) is 0 Å². The summed E-state index contributed by atoms with van der Waals surface area (Å²) in [5.74, 6) is 0. The number of unbranched alkanes of at least 4 members (excludes halogenated alkanes) is 5. The van der Waals surface area contributed by atoms with Gasteiger partial charge < -0.3 is 8.85 Å². The van der Waals surface area contributed by atoms with Crippen molar-refractivity contribution in [3.05, 3.63) is 12.3 Å². The number of hydrogen-bond acceptors (Lipinski definition) is 2. The zero-order valence-electron chi connectivity index (χ0n) is 15.0. The van der Waals surface area contributed by atoms with Crippen molar-refractivity contribution in [2.24, 2.45) is 0 Å². The van der Waals surface area contributed by atoms with E-state index in [0.29, 0.717) is 6.10 Å². The van der Waals surface area contributed by atoms with E-state index in [4.69, 9.17) is 8.85 Å². The minimum absolute atomic E-state index is 0.352. The van der Waals surface area contributed by atoms with Crippen molar-refractivity contribution < 1.29 is 8.85 Å². The molecule has 0 saturated carbocycles. The molecule has 0 aromatic carbocycles. The van der Waals surface area contributed by atoms with Crippen LogP contribution in [0.15, 0.2) is 12.3 Å². The number of rotatable bonds is 15. The molecule has 2 atom stereocenters. The van der Waals surface area contributed by atoms with Crippen molar-refractivity contribution in [1.29, 1.82) is 0 Å². The van der Waals surface area contributed by atoms with E-state index in [1.165, 1.54) is 44.9 Å². The molecular weight excluding hydrogens is 276 g/mol. The lowest BCUT2D eigenvalue weighted by atomic mass is 10.1. The molecule has 0 radical (unpaired) electrons. The van der Waals surface area contributed by atoms with Crippen LogP contribution in [0.2, 0.25) is 6.55 Å². The summed E-state index contributed by atoms with van der Waals surface area (Å²) in [5, 5.41) is 0. The van der Waals surface area contributed by atoms with Gasteiger partial charge in [0.15, 0.2) is 0 Å². The van der Waals surface area contributed by atoms with Gasteiger partial charge in [0, 0.05) is 12.7 Å². The summed E-state index contributed by atoms with van der Waals surface area (Å²) in [6.07, 6.45) is 12.6. The molecule has 0 fully saturated rings. The van der Waals surface area contributed by atoms with Gasteiger partial charge >= 0.3 is 8.56 Å². The van der Waals surface area contributed by atoms with E-state index in [1.807, 2.05) is 5.70 Å². The third-order valence-corrected chi connectivity index (χ3v) is 6.22. The van der Waals surface area contributed by atoms with Crippen molar-refractivity contribution in [2.75, 3.05) is 6.61 Å². The van der Waals surface area contributed by atoms with E-state index < -0.39 is 8.56 Å². The van der Waals surface area contributed by atoms with Crippen LogP contribution in [-0.4, -0.2) is 21.3 Å². The van der Waals surface area contributed by atoms with E-state index in [2.05, 4.69) is 33.9 Å². The zero-order chi connectivity index (χ0) is 16.0. The fourth-order valence-electron chi connectivity index (χ4n) is 2.47. The first-order valence-corrected chi connectivity index (χ1v) is 11.5. The molecular formula is C18H38O2Si. The molecule has 0 aliphatic heterocycles. The van der Waals surface area contributed by atoms with Crippen LogP contribution in [0.1, 0.15) is 85.0 Å². The summed E-state index contributed by atoms with van der Waals surface area (Å²) >= 11 is 0. The highest BCUT2D eigenvalue weighted by atomic mass is 28.4. The molecule has 2 nitrogen and oxygen atoms in total. The highest BCUT2D eigenvalue weighted by Gasteiger charge is 2.30. The van der Waals surface area contributed by atoms with Crippen molar-refractivity contribution >= 4 is 8.56 Å². The van der Waals surface area contributed by atoms with Crippen molar-refractivity contribution in [3.8, 4) is 0 Å². The molecule has 0 heterocycles. The topological polar surface area (TPSA) is 18.5 Å². The Balaban J connectivity index is 4.12. The number of hydrogen-bond donors (Lipinski definition) is 0. The molecule has 2 unspecified atom stereocenters. The lowest BCUT2D eigenvalue weighted by molar-refractivity contribution is 0.108. The predicted octanol–water partition coefficient (Wildman–Crippen LogP) is 6.15. The lowest BCUT2D eigenvalue weighted by Gasteiger charge is -2.29. The summed E-state index contributed by atoms with van der Waals surface area (Å²) in [6, 6.07) is 0. The highest BCUT2D eigenvalue weighted by Crippen LogP contribution is 2.19. The second-order valence-corrected chi connectivity index (χ2v) is 9.12. The first-order valence-electron chi connectivity index (χ1n) is 9.07. The first kappa shape index (κ1) is 20.9. The van der Waals surface area contributed by atoms with Gasteiger partial charge in [-0.3, -0.25) is 0 Å². The summed E-state index contributed by atoms with van der Waals surface area (Å²) in [6.45, 7) is 13.6. The van der Waals surface area contributed by atoms with Crippen LogP contribution in [0.5, 0.6) is 0 Å². The lowest BCUT2D eigenvalue weighted by Crippen LogP contribution is -2.41. The van der Waals surface area contributed by atoms with Crippen LogP contribution in [0.3, 0.4) is 0 Å². The third kappa shape index (κ3) is 11.1. The Hall–Kier alpha value is -0.123. The van der Waals surface area contributed by atoms with Gasteiger partial charge in [0.1, 0.15) is 0 Å². The molecule has 0 aromatic heterocycles. The van der Waals surface area contributed by atoms with Gasteiger partial charge in [-0.05, 0) is 31.5 Å². The Bertz CT molecular complexity index is 245. The summed E-state index contributed by atoms with van der Waals surface area (Å²) in [4.78, 5) is 0. The van der Waals surface area contributed by atoms with Gasteiger partial charge in [0.25, 0.3) is 0 Å².